The van der Waals surface area contributed by atoms with Crippen molar-refractivity contribution in [3.8, 4) is 16.3 Å². The third-order valence-corrected chi connectivity index (χ3v) is 2.78. The van der Waals surface area contributed by atoms with Crippen molar-refractivity contribution in [2.45, 2.75) is 0 Å². The summed E-state index contributed by atoms with van der Waals surface area (Å²) in [4.78, 5) is 14.4. The lowest BCUT2D eigenvalue weighted by Gasteiger charge is -1.98. The van der Waals surface area contributed by atoms with E-state index in [2.05, 4.69) is 4.98 Å². The van der Waals surface area contributed by atoms with Gasteiger partial charge in [-0.15, -0.1) is 11.3 Å². The number of carboxylic acids is 1. The number of aromatic carboxylic acids is 1. The Balaban J connectivity index is 2.46. The van der Waals surface area contributed by atoms with Crippen LogP contribution in [0.5, 0.6) is 5.75 Å². The lowest BCUT2D eigenvalue weighted by Crippen LogP contribution is -1.95. The van der Waals surface area contributed by atoms with Crippen LogP contribution < -0.4 is 0 Å². The standard InChI is InChI=1S/C10H6FNO3S/c11-7-3-5(13)1-2-6(7)9-12-8(4-16-9)10(14)15/h1-4,13H,(H,14,15). The summed E-state index contributed by atoms with van der Waals surface area (Å²) in [6, 6.07) is 3.63. The lowest BCUT2D eigenvalue weighted by atomic mass is 10.2. The van der Waals surface area contributed by atoms with Gasteiger partial charge in [0.15, 0.2) is 5.69 Å². The van der Waals surface area contributed by atoms with Gasteiger partial charge in [-0.25, -0.2) is 14.2 Å². The SMILES string of the molecule is O=C(O)c1csc(-c2ccc(O)cc2F)n1. The first kappa shape index (κ1) is 10.6. The Morgan fingerprint density at radius 3 is 2.75 bits per heavy atom. The summed E-state index contributed by atoms with van der Waals surface area (Å²) in [6.45, 7) is 0. The number of halogens is 1. The minimum absolute atomic E-state index is 0.118. The Kier molecular flexibility index (Phi) is 2.57. The van der Waals surface area contributed by atoms with Gasteiger partial charge in [0.25, 0.3) is 0 Å². The number of hydrogen-bond acceptors (Lipinski definition) is 4. The lowest BCUT2D eigenvalue weighted by molar-refractivity contribution is 0.0691. The molecular formula is C10H6FNO3S. The van der Waals surface area contributed by atoms with Crippen molar-refractivity contribution >= 4 is 17.3 Å². The Hall–Kier alpha value is -1.95. The molecule has 0 aliphatic heterocycles. The van der Waals surface area contributed by atoms with E-state index >= 15 is 0 Å². The zero-order valence-corrected chi connectivity index (χ0v) is 8.66. The molecule has 6 heteroatoms. The third-order valence-electron chi connectivity index (χ3n) is 1.91. The highest BCUT2D eigenvalue weighted by Gasteiger charge is 2.13. The molecule has 0 atom stereocenters. The first-order chi connectivity index (χ1) is 7.58. The Morgan fingerprint density at radius 1 is 1.44 bits per heavy atom. The number of benzene rings is 1. The molecule has 0 aliphatic carbocycles. The average Bonchev–Trinajstić information content (AvgIpc) is 2.66. The van der Waals surface area contributed by atoms with Gasteiger partial charge in [0.1, 0.15) is 16.6 Å². The normalized spacial score (nSPS) is 10.3. The van der Waals surface area contributed by atoms with Crippen molar-refractivity contribution in [3.63, 3.8) is 0 Å². The quantitative estimate of drug-likeness (QED) is 0.843. The van der Waals surface area contributed by atoms with E-state index in [9.17, 15) is 9.18 Å². The summed E-state index contributed by atoms with van der Waals surface area (Å²) < 4.78 is 13.4. The van der Waals surface area contributed by atoms with Gasteiger partial charge in [-0.3, -0.25) is 0 Å². The number of aromatic nitrogens is 1. The average molecular weight is 239 g/mol. The fourth-order valence-electron chi connectivity index (χ4n) is 1.17. The van der Waals surface area contributed by atoms with E-state index in [0.29, 0.717) is 0 Å². The Morgan fingerprint density at radius 2 is 2.19 bits per heavy atom. The van der Waals surface area contributed by atoms with Crippen molar-refractivity contribution < 1.29 is 19.4 Å². The molecule has 0 unspecified atom stereocenters. The Labute approximate surface area is 93.6 Å². The van der Waals surface area contributed by atoms with Crippen molar-refractivity contribution in [1.29, 1.82) is 0 Å². The van der Waals surface area contributed by atoms with Crippen LogP contribution in [0.25, 0.3) is 10.6 Å². The highest BCUT2D eigenvalue weighted by molar-refractivity contribution is 7.13. The van der Waals surface area contributed by atoms with Gasteiger partial charge in [0.2, 0.25) is 0 Å². The molecule has 1 aromatic heterocycles. The number of phenols is 1. The van der Waals surface area contributed by atoms with Gasteiger partial charge in [-0.1, -0.05) is 0 Å². The number of carbonyl (C=O) groups is 1. The number of aromatic hydroxyl groups is 1. The van der Waals surface area contributed by atoms with Gasteiger partial charge < -0.3 is 10.2 Å². The second kappa shape index (κ2) is 3.90. The molecule has 1 heterocycles. The summed E-state index contributed by atoms with van der Waals surface area (Å²) >= 11 is 1.04. The highest BCUT2D eigenvalue weighted by Crippen LogP contribution is 2.28. The number of rotatable bonds is 2. The fraction of sp³-hybridized carbons (Fsp3) is 0. The van der Waals surface area contributed by atoms with Crippen LogP contribution in [-0.2, 0) is 0 Å². The second-order valence-electron chi connectivity index (χ2n) is 3.01. The van der Waals surface area contributed by atoms with Crippen molar-refractivity contribution in [2.24, 2.45) is 0 Å². The molecule has 0 fully saturated rings. The molecule has 2 aromatic rings. The number of nitrogens with zero attached hydrogens (tertiary/aromatic N) is 1. The number of phenolic OH excluding ortho intramolecular Hbond substituents is 1. The zero-order chi connectivity index (χ0) is 11.7. The number of carboxylic acid groups (broad SMARTS) is 1. The second-order valence-corrected chi connectivity index (χ2v) is 3.87. The number of thiazole rings is 1. The van der Waals surface area contributed by atoms with Crippen LogP contribution in [0.3, 0.4) is 0 Å². The van der Waals surface area contributed by atoms with E-state index in [1.54, 1.807) is 0 Å². The molecule has 4 nitrogen and oxygen atoms in total. The van der Waals surface area contributed by atoms with E-state index in [0.717, 1.165) is 17.4 Å². The minimum atomic E-state index is -1.15. The zero-order valence-electron chi connectivity index (χ0n) is 7.85. The van der Waals surface area contributed by atoms with Gasteiger partial charge in [0.05, 0.1) is 0 Å². The van der Waals surface area contributed by atoms with E-state index in [4.69, 9.17) is 10.2 Å². The van der Waals surface area contributed by atoms with E-state index in [-0.39, 0.29) is 22.0 Å². The van der Waals surface area contributed by atoms with E-state index in [1.807, 2.05) is 0 Å². The van der Waals surface area contributed by atoms with Gasteiger partial charge in [-0.05, 0) is 12.1 Å². The van der Waals surface area contributed by atoms with E-state index < -0.39 is 11.8 Å². The molecule has 0 amide bonds. The van der Waals surface area contributed by atoms with Crippen molar-refractivity contribution in [3.05, 3.63) is 35.1 Å². The minimum Gasteiger partial charge on any atom is -0.508 e. The largest absolute Gasteiger partial charge is 0.508 e. The van der Waals surface area contributed by atoms with Crippen molar-refractivity contribution in [2.75, 3.05) is 0 Å². The van der Waals surface area contributed by atoms with Crippen LogP contribution in [0.1, 0.15) is 10.5 Å². The molecule has 0 spiro atoms. The summed E-state index contributed by atoms with van der Waals surface area (Å²) in [5, 5.41) is 19.3. The molecule has 82 valence electrons. The number of hydrogen-bond donors (Lipinski definition) is 2. The maximum atomic E-state index is 13.4. The predicted octanol–water partition coefficient (Wildman–Crippen LogP) is 2.35. The molecule has 0 saturated heterocycles. The van der Waals surface area contributed by atoms with Crippen LogP contribution in [0, 0.1) is 5.82 Å². The van der Waals surface area contributed by atoms with E-state index in [1.165, 1.54) is 17.5 Å². The molecule has 2 rings (SSSR count). The molecule has 0 saturated carbocycles. The van der Waals surface area contributed by atoms with Gasteiger partial charge in [0, 0.05) is 17.0 Å². The summed E-state index contributed by atoms with van der Waals surface area (Å²) in [5.74, 6) is -1.97. The first-order valence-electron chi connectivity index (χ1n) is 4.25. The fourth-order valence-corrected chi connectivity index (χ4v) is 1.99. The summed E-state index contributed by atoms with van der Waals surface area (Å²) in [6.07, 6.45) is 0. The van der Waals surface area contributed by atoms with Crippen LogP contribution >= 0.6 is 11.3 Å². The Bertz CT molecular complexity index is 553. The monoisotopic (exact) mass is 239 g/mol. The molecule has 0 bridgehead atoms. The van der Waals surface area contributed by atoms with Gasteiger partial charge >= 0.3 is 5.97 Å². The molecule has 0 radical (unpaired) electrons. The molecule has 2 N–H and O–H groups in total. The first-order valence-corrected chi connectivity index (χ1v) is 5.13. The third kappa shape index (κ3) is 1.87. The maximum Gasteiger partial charge on any atom is 0.355 e. The molecular weight excluding hydrogens is 233 g/mol. The van der Waals surface area contributed by atoms with Crippen LogP contribution in [-0.4, -0.2) is 21.2 Å². The maximum absolute atomic E-state index is 13.4. The summed E-state index contributed by atoms with van der Waals surface area (Å²) in [5.41, 5.74) is 0.0581. The van der Waals surface area contributed by atoms with Crippen molar-refractivity contribution in [1.82, 2.24) is 4.98 Å². The smallest absolute Gasteiger partial charge is 0.355 e. The molecule has 1 aromatic carbocycles. The predicted molar refractivity (Wildman–Crippen MR) is 56.1 cm³/mol. The van der Waals surface area contributed by atoms with Crippen LogP contribution in [0.4, 0.5) is 4.39 Å². The molecule has 0 aliphatic rings. The van der Waals surface area contributed by atoms with Gasteiger partial charge in [-0.2, -0.15) is 0 Å². The highest BCUT2D eigenvalue weighted by atomic mass is 32.1. The van der Waals surface area contributed by atoms with Crippen LogP contribution in [0.15, 0.2) is 23.6 Å². The summed E-state index contributed by atoms with van der Waals surface area (Å²) in [7, 11) is 0. The topological polar surface area (TPSA) is 70.4 Å². The van der Waals surface area contributed by atoms with Crippen LogP contribution in [0.2, 0.25) is 0 Å². The molecule has 16 heavy (non-hydrogen) atoms.